The molecule has 1 aliphatic rings. The van der Waals surface area contributed by atoms with E-state index in [0.717, 1.165) is 29.6 Å². The van der Waals surface area contributed by atoms with Gasteiger partial charge in [0, 0.05) is 12.6 Å². The van der Waals surface area contributed by atoms with Gasteiger partial charge in [0.2, 0.25) is 0 Å². The number of ether oxygens (including phenoxy) is 1. The summed E-state index contributed by atoms with van der Waals surface area (Å²) < 4.78 is 5.19. The first-order valence-corrected chi connectivity index (χ1v) is 5.97. The Kier molecular flexibility index (Phi) is 3.54. The van der Waals surface area contributed by atoms with E-state index in [1.807, 2.05) is 18.2 Å². The van der Waals surface area contributed by atoms with Gasteiger partial charge in [-0.3, -0.25) is 0 Å². The third-order valence-corrected chi connectivity index (χ3v) is 3.32. The van der Waals surface area contributed by atoms with Crippen molar-refractivity contribution in [3.63, 3.8) is 0 Å². The van der Waals surface area contributed by atoms with Gasteiger partial charge in [-0.05, 0) is 30.9 Å². The molecule has 2 rings (SSSR count). The van der Waals surface area contributed by atoms with Crippen LogP contribution in [-0.2, 0) is 0 Å². The molecule has 3 nitrogen and oxygen atoms in total. The van der Waals surface area contributed by atoms with Gasteiger partial charge in [0.15, 0.2) is 0 Å². The van der Waals surface area contributed by atoms with Crippen LogP contribution in [0.15, 0.2) is 18.2 Å². The highest BCUT2D eigenvalue weighted by Crippen LogP contribution is 2.28. The molecule has 0 atom stereocenters. The van der Waals surface area contributed by atoms with Gasteiger partial charge in [-0.2, -0.15) is 0 Å². The predicted molar refractivity (Wildman–Crippen MR) is 67.9 cm³/mol. The zero-order valence-corrected chi connectivity index (χ0v) is 9.83. The third-order valence-electron chi connectivity index (χ3n) is 3.32. The van der Waals surface area contributed by atoms with Crippen LogP contribution < -0.4 is 15.8 Å². The topological polar surface area (TPSA) is 47.3 Å². The van der Waals surface area contributed by atoms with Crippen LogP contribution in [0.25, 0.3) is 0 Å². The molecule has 0 spiro atoms. The molecule has 0 saturated heterocycles. The average molecular weight is 220 g/mol. The molecule has 3 N–H and O–H groups in total. The second-order valence-electron chi connectivity index (χ2n) is 4.48. The van der Waals surface area contributed by atoms with Crippen molar-refractivity contribution in [1.82, 2.24) is 0 Å². The van der Waals surface area contributed by atoms with Crippen LogP contribution in [0.1, 0.15) is 25.7 Å². The molecule has 0 unspecified atom stereocenters. The molecule has 16 heavy (non-hydrogen) atoms. The van der Waals surface area contributed by atoms with Gasteiger partial charge in [0.05, 0.1) is 18.5 Å². The number of hydrogen-bond acceptors (Lipinski definition) is 3. The summed E-state index contributed by atoms with van der Waals surface area (Å²) in [6.45, 7) is 1.03. The van der Waals surface area contributed by atoms with Crippen LogP contribution in [0.2, 0.25) is 0 Å². The lowest BCUT2D eigenvalue weighted by molar-refractivity contribution is 0.415. The van der Waals surface area contributed by atoms with Crippen LogP contribution in [0, 0.1) is 5.92 Å². The minimum absolute atomic E-state index is 0.791. The number of nitrogens with one attached hydrogen (secondary N) is 1. The molecule has 3 heteroatoms. The lowest BCUT2D eigenvalue weighted by Gasteiger charge is -2.14. The lowest BCUT2D eigenvalue weighted by atomic mass is 10.1. The zero-order valence-electron chi connectivity index (χ0n) is 9.83. The van der Waals surface area contributed by atoms with Crippen molar-refractivity contribution in [1.29, 1.82) is 0 Å². The summed E-state index contributed by atoms with van der Waals surface area (Å²) >= 11 is 0. The number of hydrogen-bond donors (Lipinski definition) is 2. The maximum Gasteiger partial charge on any atom is 0.121 e. The van der Waals surface area contributed by atoms with Gasteiger partial charge in [0.25, 0.3) is 0 Å². The SMILES string of the molecule is COc1ccc(N)c(NCC2CCCC2)c1. The largest absolute Gasteiger partial charge is 0.497 e. The Morgan fingerprint density at radius 1 is 1.38 bits per heavy atom. The normalized spacial score (nSPS) is 16.3. The Morgan fingerprint density at radius 2 is 2.12 bits per heavy atom. The summed E-state index contributed by atoms with van der Waals surface area (Å²) in [5, 5.41) is 3.42. The van der Waals surface area contributed by atoms with E-state index in [0.29, 0.717) is 0 Å². The molecule has 1 aromatic rings. The Hall–Kier alpha value is -1.38. The zero-order chi connectivity index (χ0) is 11.4. The van der Waals surface area contributed by atoms with Crippen molar-refractivity contribution >= 4 is 11.4 Å². The maximum atomic E-state index is 5.91. The number of benzene rings is 1. The number of rotatable bonds is 4. The minimum Gasteiger partial charge on any atom is -0.497 e. The number of methoxy groups -OCH3 is 1. The molecule has 1 fully saturated rings. The number of nitrogen functional groups attached to an aromatic ring is 1. The summed E-state index contributed by atoms with van der Waals surface area (Å²) in [6.07, 6.45) is 5.44. The fraction of sp³-hybridized carbons (Fsp3) is 0.538. The van der Waals surface area contributed by atoms with E-state index < -0.39 is 0 Å². The van der Waals surface area contributed by atoms with Crippen molar-refractivity contribution in [2.75, 3.05) is 24.7 Å². The van der Waals surface area contributed by atoms with Gasteiger partial charge >= 0.3 is 0 Å². The van der Waals surface area contributed by atoms with Crippen LogP contribution in [-0.4, -0.2) is 13.7 Å². The van der Waals surface area contributed by atoms with E-state index in [-0.39, 0.29) is 0 Å². The molecule has 0 amide bonds. The molecule has 0 radical (unpaired) electrons. The van der Waals surface area contributed by atoms with E-state index in [2.05, 4.69) is 5.32 Å². The van der Waals surface area contributed by atoms with E-state index in [1.54, 1.807) is 7.11 Å². The predicted octanol–water partition coefficient (Wildman–Crippen LogP) is 2.88. The van der Waals surface area contributed by atoms with Crippen LogP contribution in [0.3, 0.4) is 0 Å². The van der Waals surface area contributed by atoms with Crippen LogP contribution in [0.4, 0.5) is 11.4 Å². The molecule has 0 bridgehead atoms. The van der Waals surface area contributed by atoms with Crippen molar-refractivity contribution in [3.8, 4) is 5.75 Å². The molecule has 0 aliphatic heterocycles. The fourth-order valence-electron chi connectivity index (χ4n) is 2.28. The molecule has 0 heterocycles. The average Bonchev–Trinajstić information content (AvgIpc) is 2.81. The molecule has 0 aromatic heterocycles. The molecular weight excluding hydrogens is 200 g/mol. The minimum atomic E-state index is 0.791. The van der Waals surface area contributed by atoms with E-state index in [4.69, 9.17) is 10.5 Å². The Labute approximate surface area is 97.0 Å². The second kappa shape index (κ2) is 5.10. The fourth-order valence-corrected chi connectivity index (χ4v) is 2.28. The highest BCUT2D eigenvalue weighted by molar-refractivity contribution is 5.68. The van der Waals surface area contributed by atoms with Crippen LogP contribution in [0.5, 0.6) is 5.75 Å². The highest BCUT2D eigenvalue weighted by atomic mass is 16.5. The Bertz CT molecular complexity index is 346. The quantitative estimate of drug-likeness (QED) is 0.767. The summed E-state index contributed by atoms with van der Waals surface area (Å²) in [7, 11) is 1.67. The summed E-state index contributed by atoms with van der Waals surface area (Å²) in [5.74, 6) is 1.66. The van der Waals surface area contributed by atoms with E-state index >= 15 is 0 Å². The first-order valence-electron chi connectivity index (χ1n) is 5.97. The molecule has 88 valence electrons. The first kappa shape index (κ1) is 11.1. The van der Waals surface area contributed by atoms with Gasteiger partial charge in [-0.1, -0.05) is 12.8 Å². The lowest BCUT2D eigenvalue weighted by Crippen LogP contribution is -2.12. The van der Waals surface area contributed by atoms with Crippen molar-refractivity contribution < 1.29 is 4.74 Å². The van der Waals surface area contributed by atoms with Crippen molar-refractivity contribution in [2.45, 2.75) is 25.7 Å². The van der Waals surface area contributed by atoms with Gasteiger partial charge < -0.3 is 15.8 Å². The Morgan fingerprint density at radius 3 is 2.81 bits per heavy atom. The smallest absolute Gasteiger partial charge is 0.121 e. The standard InChI is InChI=1S/C13H20N2O/c1-16-11-6-7-12(14)13(8-11)15-9-10-4-2-3-5-10/h6-8,10,15H,2-5,9,14H2,1H3. The number of nitrogens with two attached hydrogens (primary N) is 1. The van der Waals surface area contributed by atoms with E-state index in [9.17, 15) is 0 Å². The van der Waals surface area contributed by atoms with Gasteiger partial charge in [-0.25, -0.2) is 0 Å². The highest BCUT2D eigenvalue weighted by Gasteiger charge is 2.14. The molecular formula is C13H20N2O. The Balaban J connectivity index is 1.96. The van der Waals surface area contributed by atoms with E-state index in [1.165, 1.54) is 25.7 Å². The van der Waals surface area contributed by atoms with Gasteiger partial charge in [0.1, 0.15) is 5.75 Å². The van der Waals surface area contributed by atoms with Crippen LogP contribution >= 0.6 is 0 Å². The third kappa shape index (κ3) is 2.60. The monoisotopic (exact) mass is 220 g/mol. The van der Waals surface area contributed by atoms with Gasteiger partial charge in [-0.15, -0.1) is 0 Å². The molecule has 1 aliphatic carbocycles. The molecule has 1 saturated carbocycles. The maximum absolute atomic E-state index is 5.91. The molecule has 1 aromatic carbocycles. The summed E-state index contributed by atoms with van der Waals surface area (Å²) in [5.41, 5.74) is 7.69. The first-order chi connectivity index (χ1) is 7.79. The summed E-state index contributed by atoms with van der Waals surface area (Å²) in [6, 6.07) is 5.73. The number of anilines is 2. The second-order valence-corrected chi connectivity index (χ2v) is 4.48. The van der Waals surface area contributed by atoms with Crippen molar-refractivity contribution in [3.05, 3.63) is 18.2 Å². The summed E-state index contributed by atoms with van der Waals surface area (Å²) in [4.78, 5) is 0. The van der Waals surface area contributed by atoms with Crippen molar-refractivity contribution in [2.24, 2.45) is 5.92 Å².